The van der Waals surface area contributed by atoms with Crippen molar-refractivity contribution < 1.29 is 25.2 Å². The van der Waals surface area contributed by atoms with Crippen molar-refractivity contribution in [1.82, 2.24) is 0 Å². The summed E-state index contributed by atoms with van der Waals surface area (Å²) in [7, 11) is 0. The highest BCUT2D eigenvalue weighted by Gasteiger charge is 2.42. The van der Waals surface area contributed by atoms with Gasteiger partial charge in [-0.1, -0.05) is 49.8 Å². The molecule has 28 heavy (non-hydrogen) atoms. The van der Waals surface area contributed by atoms with Gasteiger partial charge in [0.2, 0.25) is 0 Å². The van der Waals surface area contributed by atoms with Crippen LogP contribution in [-0.4, -0.2) is 57.6 Å². The number of ether oxygens (including phenoxy) is 1. The van der Waals surface area contributed by atoms with Crippen LogP contribution in [0.3, 0.4) is 0 Å². The lowest BCUT2D eigenvalue weighted by Gasteiger charge is -2.37. The molecular formula is C21H18Br2O5. The predicted octanol–water partition coefficient (Wildman–Crippen LogP) is 1.98. The largest absolute Gasteiger partial charge is 0.394 e. The minimum atomic E-state index is -1.43. The normalized spacial score (nSPS) is 28.3. The SMILES string of the molecule is OCC1OC(C#Cc2cc(Br)cc3c2-c2ccc(Br)cc2C3)C(O)C(O)C1O. The molecule has 0 aromatic heterocycles. The Morgan fingerprint density at radius 3 is 2.46 bits per heavy atom. The van der Waals surface area contributed by atoms with E-state index in [1.807, 2.05) is 12.1 Å². The number of benzene rings is 2. The first kappa shape index (κ1) is 20.0. The van der Waals surface area contributed by atoms with Crippen LogP contribution < -0.4 is 0 Å². The molecule has 2 aliphatic rings. The maximum Gasteiger partial charge on any atom is 0.147 e. The average Bonchev–Trinajstić information content (AvgIpc) is 3.02. The highest BCUT2D eigenvalue weighted by atomic mass is 79.9. The number of halogens is 2. The first-order valence-electron chi connectivity index (χ1n) is 8.82. The van der Waals surface area contributed by atoms with Crippen LogP contribution in [-0.2, 0) is 11.2 Å². The molecule has 1 aliphatic heterocycles. The third-order valence-corrected chi connectivity index (χ3v) is 6.09. The molecule has 1 heterocycles. The third-order valence-electron chi connectivity index (χ3n) is 5.14. The van der Waals surface area contributed by atoms with Gasteiger partial charge < -0.3 is 25.2 Å². The summed E-state index contributed by atoms with van der Waals surface area (Å²) in [6.45, 7) is -0.475. The summed E-state index contributed by atoms with van der Waals surface area (Å²) < 4.78 is 7.41. The molecule has 2 aromatic rings. The van der Waals surface area contributed by atoms with E-state index in [4.69, 9.17) is 4.74 Å². The van der Waals surface area contributed by atoms with Crippen LogP contribution in [0.15, 0.2) is 39.3 Å². The third kappa shape index (κ3) is 3.55. The second-order valence-corrected chi connectivity index (χ2v) is 8.82. The number of aliphatic hydroxyl groups is 4. The molecule has 2 aromatic carbocycles. The molecule has 0 spiro atoms. The van der Waals surface area contributed by atoms with Crippen molar-refractivity contribution in [3.05, 3.63) is 56.0 Å². The van der Waals surface area contributed by atoms with Gasteiger partial charge in [0.05, 0.1) is 6.61 Å². The zero-order valence-corrected chi connectivity index (χ0v) is 17.8. The number of hydrogen-bond acceptors (Lipinski definition) is 5. The Balaban J connectivity index is 1.72. The summed E-state index contributed by atoms with van der Waals surface area (Å²) in [6.07, 6.45) is -5.37. The number of fused-ring (bicyclic) bond motifs is 3. The summed E-state index contributed by atoms with van der Waals surface area (Å²) in [5, 5.41) is 39.4. The van der Waals surface area contributed by atoms with Gasteiger partial charge in [0.15, 0.2) is 0 Å². The van der Waals surface area contributed by atoms with Gasteiger partial charge in [0.25, 0.3) is 0 Å². The molecule has 7 heteroatoms. The van der Waals surface area contributed by atoms with Gasteiger partial charge in [-0.25, -0.2) is 0 Å². The molecule has 5 nitrogen and oxygen atoms in total. The summed E-state index contributed by atoms with van der Waals surface area (Å²) >= 11 is 7.04. The zero-order valence-electron chi connectivity index (χ0n) is 14.6. The highest BCUT2D eigenvalue weighted by Crippen LogP contribution is 2.41. The lowest BCUT2D eigenvalue weighted by Crippen LogP contribution is -2.58. The summed E-state index contributed by atoms with van der Waals surface area (Å²) in [6, 6.07) is 10.1. The lowest BCUT2D eigenvalue weighted by atomic mass is 9.94. The first-order valence-corrected chi connectivity index (χ1v) is 10.4. The van der Waals surface area contributed by atoms with Crippen LogP contribution in [0, 0.1) is 11.8 Å². The number of rotatable bonds is 1. The van der Waals surface area contributed by atoms with Crippen molar-refractivity contribution in [2.75, 3.05) is 6.61 Å². The molecule has 1 saturated heterocycles. The number of aliphatic hydroxyl groups excluding tert-OH is 4. The molecule has 5 unspecified atom stereocenters. The van der Waals surface area contributed by atoms with Gasteiger partial charge in [-0.05, 0) is 47.4 Å². The number of hydrogen-bond donors (Lipinski definition) is 4. The van der Waals surface area contributed by atoms with E-state index >= 15 is 0 Å². The van der Waals surface area contributed by atoms with Gasteiger partial charge in [0, 0.05) is 20.1 Å². The smallest absolute Gasteiger partial charge is 0.147 e. The van der Waals surface area contributed by atoms with Gasteiger partial charge in [-0.3, -0.25) is 0 Å². The lowest BCUT2D eigenvalue weighted by molar-refractivity contribution is -0.214. The molecule has 4 N–H and O–H groups in total. The Hall–Kier alpha value is -1.24. The summed E-state index contributed by atoms with van der Waals surface area (Å²) in [5.74, 6) is 5.94. The monoisotopic (exact) mass is 508 g/mol. The summed E-state index contributed by atoms with van der Waals surface area (Å²) in [4.78, 5) is 0. The fourth-order valence-electron chi connectivity index (χ4n) is 3.75. The maximum absolute atomic E-state index is 10.2. The van der Waals surface area contributed by atoms with E-state index in [0.29, 0.717) is 0 Å². The average molecular weight is 510 g/mol. The Kier molecular flexibility index (Phi) is 5.64. The Morgan fingerprint density at radius 1 is 0.964 bits per heavy atom. The summed E-state index contributed by atoms with van der Waals surface area (Å²) in [5.41, 5.74) is 5.30. The van der Waals surface area contributed by atoms with Crippen molar-refractivity contribution in [2.24, 2.45) is 0 Å². The Bertz CT molecular complexity index is 979. The highest BCUT2D eigenvalue weighted by molar-refractivity contribution is 9.10. The molecule has 0 bridgehead atoms. The molecule has 0 radical (unpaired) electrons. The van der Waals surface area contributed by atoms with Crippen LogP contribution in [0.1, 0.15) is 16.7 Å². The molecule has 4 rings (SSSR count). The van der Waals surface area contributed by atoms with E-state index in [1.165, 1.54) is 5.56 Å². The topological polar surface area (TPSA) is 90.2 Å². The molecule has 146 valence electrons. The van der Waals surface area contributed by atoms with Crippen molar-refractivity contribution >= 4 is 31.9 Å². The van der Waals surface area contributed by atoms with Crippen LogP contribution in [0.5, 0.6) is 0 Å². The van der Waals surface area contributed by atoms with Gasteiger partial charge >= 0.3 is 0 Å². The Labute approximate surface area is 179 Å². The van der Waals surface area contributed by atoms with E-state index in [-0.39, 0.29) is 0 Å². The van der Waals surface area contributed by atoms with Crippen LogP contribution >= 0.6 is 31.9 Å². The minimum Gasteiger partial charge on any atom is -0.394 e. The van der Waals surface area contributed by atoms with E-state index in [1.54, 1.807) is 0 Å². The maximum atomic E-state index is 10.2. The molecule has 1 fully saturated rings. The van der Waals surface area contributed by atoms with E-state index in [2.05, 4.69) is 61.9 Å². The van der Waals surface area contributed by atoms with E-state index < -0.39 is 37.1 Å². The molecular weight excluding hydrogens is 492 g/mol. The van der Waals surface area contributed by atoms with E-state index in [0.717, 1.165) is 37.6 Å². The molecule has 0 saturated carbocycles. The van der Waals surface area contributed by atoms with Crippen molar-refractivity contribution in [1.29, 1.82) is 0 Å². The quantitative estimate of drug-likeness (QED) is 0.377. The van der Waals surface area contributed by atoms with Gasteiger partial charge in [-0.2, -0.15) is 0 Å². The van der Waals surface area contributed by atoms with Gasteiger partial charge in [-0.15, -0.1) is 0 Å². The van der Waals surface area contributed by atoms with Crippen LogP contribution in [0.25, 0.3) is 11.1 Å². The zero-order chi connectivity index (χ0) is 20.0. The van der Waals surface area contributed by atoms with Crippen molar-refractivity contribution in [3.8, 4) is 23.0 Å². The molecule has 5 atom stereocenters. The Morgan fingerprint density at radius 2 is 1.71 bits per heavy atom. The second-order valence-electron chi connectivity index (χ2n) is 6.98. The van der Waals surface area contributed by atoms with Crippen molar-refractivity contribution in [2.45, 2.75) is 36.9 Å². The predicted molar refractivity (Wildman–Crippen MR) is 111 cm³/mol. The van der Waals surface area contributed by atoms with Gasteiger partial charge in [0.1, 0.15) is 30.5 Å². The second kappa shape index (κ2) is 7.88. The molecule has 0 amide bonds. The fraction of sp³-hybridized carbons (Fsp3) is 0.333. The van der Waals surface area contributed by atoms with Crippen LogP contribution in [0.4, 0.5) is 0 Å². The van der Waals surface area contributed by atoms with Crippen LogP contribution in [0.2, 0.25) is 0 Å². The standard InChI is InChI=1S/C21H18Br2O5/c22-13-2-3-15-11(7-13)5-12-8-14(23)6-10(18(12)15)1-4-16-19(25)21(27)20(26)17(9-24)28-16/h2-3,6-8,16-17,19-21,24-27H,5,9H2. The fourth-order valence-corrected chi connectivity index (χ4v) is 4.66. The molecule has 1 aliphatic carbocycles. The first-order chi connectivity index (χ1) is 13.4. The van der Waals surface area contributed by atoms with E-state index in [9.17, 15) is 20.4 Å². The minimum absolute atomic E-state index is 0.475. The van der Waals surface area contributed by atoms with Crippen molar-refractivity contribution in [3.63, 3.8) is 0 Å².